The van der Waals surface area contributed by atoms with Crippen LogP contribution in [0.25, 0.3) is 10.2 Å². The van der Waals surface area contributed by atoms with Gasteiger partial charge in [0.1, 0.15) is 21.7 Å². The molecule has 2 aromatic heterocycles. The van der Waals surface area contributed by atoms with Crippen molar-refractivity contribution in [3.8, 4) is 11.5 Å². The van der Waals surface area contributed by atoms with Crippen LogP contribution in [0.4, 0.5) is 10.8 Å². The van der Waals surface area contributed by atoms with Gasteiger partial charge in [0.05, 0.1) is 36.9 Å². The summed E-state index contributed by atoms with van der Waals surface area (Å²) in [6.45, 7) is 2.03. The van der Waals surface area contributed by atoms with Crippen molar-refractivity contribution >= 4 is 48.3 Å². The second kappa shape index (κ2) is 11.3. The standard InChI is InChI=1S/C29H26N4O5S2/c1-19-10-12-21(13-11-19)40(35,36)32-23-9-5-4-8-22(23)28(34)33(18-20-7-6-16-30-17-20)29-31-26-24(37-2)14-15-25(38-3)27(26)39-29/h4-17,32H,18H2,1-3H3. The summed E-state index contributed by atoms with van der Waals surface area (Å²) in [4.78, 5) is 24.7. The van der Waals surface area contributed by atoms with Gasteiger partial charge in [0.25, 0.3) is 15.9 Å². The van der Waals surface area contributed by atoms with E-state index >= 15 is 0 Å². The Morgan fingerprint density at radius 3 is 2.38 bits per heavy atom. The smallest absolute Gasteiger partial charge is 0.262 e. The van der Waals surface area contributed by atoms with Crippen molar-refractivity contribution in [2.45, 2.75) is 18.4 Å². The number of nitrogens with zero attached hydrogens (tertiary/aromatic N) is 3. The molecule has 0 unspecified atom stereocenters. The quantitative estimate of drug-likeness (QED) is 0.242. The van der Waals surface area contributed by atoms with Crippen LogP contribution in [0.5, 0.6) is 11.5 Å². The van der Waals surface area contributed by atoms with E-state index in [1.54, 1.807) is 81.2 Å². The first-order valence-corrected chi connectivity index (χ1v) is 14.5. The highest BCUT2D eigenvalue weighted by atomic mass is 32.2. The van der Waals surface area contributed by atoms with Gasteiger partial charge in [0.15, 0.2) is 5.13 Å². The number of ether oxygens (including phenoxy) is 2. The Labute approximate surface area is 236 Å². The van der Waals surface area contributed by atoms with E-state index in [2.05, 4.69) is 9.71 Å². The molecule has 11 heteroatoms. The molecule has 3 aromatic carbocycles. The normalized spacial score (nSPS) is 11.3. The fourth-order valence-corrected chi connectivity index (χ4v) is 6.27. The second-order valence-corrected chi connectivity index (χ2v) is 11.5. The lowest BCUT2D eigenvalue weighted by Gasteiger charge is -2.22. The number of fused-ring (bicyclic) bond motifs is 1. The highest BCUT2D eigenvalue weighted by Crippen LogP contribution is 2.41. The van der Waals surface area contributed by atoms with Crippen LogP contribution in [0.2, 0.25) is 0 Å². The third-order valence-electron chi connectivity index (χ3n) is 6.17. The predicted octanol–water partition coefficient (Wildman–Crippen LogP) is 5.66. The van der Waals surface area contributed by atoms with Crippen molar-refractivity contribution in [1.82, 2.24) is 9.97 Å². The lowest BCUT2D eigenvalue weighted by Crippen LogP contribution is -2.31. The van der Waals surface area contributed by atoms with Gasteiger partial charge in [-0.2, -0.15) is 0 Å². The number of aromatic nitrogens is 2. The first kappa shape index (κ1) is 27.1. The number of para-hydroxylation sites is 1. The molecule has 0 aliphatic heterocycles. The maximum absolute atomic E-state index is 14.2. The lowest BCUT2D eigenvalue weighted by molar-refractivity contribution is 0.0986. The number of amides is 1. The van der Waals surface area contributed by atoms with Gasteiger partial charge in [-0.3, -0.25) is 19.4 Å². The van der Waals surface area contributed by atoms with Crippen LogP contribution < -0.4 is 19.1 Å². The average Bonchev–Trinajstić information content (AvgIpc) is 3.41. The van der Waals surface area contributed by atoms with Crippen molar-refractivity contribution < 1.29 is 22.7 Å². The monoisotopic (exact) mass is 574 g/mol. The zero-order valence-electron chi connectivity index (χ0n) is 22.0. The van der Waals surface area contributed by atoms with Gasteiger partial charge in [0, 0.05) is 12.4 Å². The Morgan fingerprint density at radius 1 is 0.950 bits per heavy atom. The number of hydrogen-bond acceptors (Lipinski definition) is 8. The fourth-order valence-electron chi connectivity index (χ4n) is 4.12. The van der Waals surface area contributed by atoms with Gasteiger partial charge in [-0.15, -0.1) is 0 Å². The van der Waals surface area contributed by atoms with E-state index < -0.39 is 15.9 Å². The van der Waals surface area contributed by atoms with Gasteiger partial charge < -0.3 is 9.47 Å². The number of hydrogen-bond donors (Lipinski definition) is 1. The third-order valence-corrected chi connectivity index (χ3v) is 8.65. The molecule has 204 valence electrons. The molecule has 1 N–H and O–H groups in total. The van der Waals surface area contributed by atoms with Crippen LogP contribution in [-0.2, 0) is 16.6 Å². The van der Waals surface area contributed by atoms with Gasteiger partial charge in [-0.1, -0.05) is 47.2 Å². The second-order valence-electron chi connectivity index (χ2n) is 8.86. The summed E-state index contributed by atoms with van der Waals surface area (Å²) in [6.07, 6.45) is 3.32. The van der Waals surface area contributed by atoms with Crippen LogP contribution in [0.15, 0.2) is 90.1 Å². The predicted molar refractivity (Wildman–Crippen MR) is 156 cm³/mol. The van der Waals surface area contributed by atoms with Gasteiger partial charge in [-0.25, -0.2) is 13.4 Å². The molecule has 0 spiro atoms. The fraction of sp³-hybridized carbons (Fsp3) is 0.138. The minimum absolute atomic E-state index is 0.0953. The van der Waals surface area contributed by atoms with E-state index in [-0.39, 0.29) is 22.7 Å². The van der Waals surface area contributed by atoms with Crippen LogP contribution in [0, 0.1) is 6.92 Å². The molecule has 0 atom stereocenters. The number of nitrogens with one attached hydrogen (secondary N) is 1. The van der Waals surface area contributed by atoms with Crippen molar-refractivity contribution in [3.05, 3.63) is 102 Å². The van der Waals surface area contributed by atoms with Crippen molar-refractivity contribution in [1.29, 1.82) is 0 Å². The molecular weight excluding hydrogens is 548 g/mol. The van der Waals surface area contributed by atoms with Crippen LogP contribution in [-0.4, -0.2) is 38.5 Å². The minimum atomic E-state index is -3.95. The first-order valence-electron chi connectivity index (χ1n) is 12.2. The Bertz CT molecular complexity index is 1730. The van der Waals surface area contributed by atoms with Crippen molar-refractivity contribution in [2.75, 3.05) is 23.8 Å². The molecule has 0 aliphatic carbocycles. The summed E-state index contributed by atoms with van der Waals surface area (Å²) < 4.78 is 40.7. The molecular formula is C29H26N4O5S2. The van der Waals surface area contributed by atoms with E-state index in [0.29, 0.717) is 26.8 Å². The molecule has 40 heavy (non-hydrogen) atoms. The zero-order valence-corrected chi connectivity index (χ0v) is 23.6. The zero-order chi connectivity index (χ0) is 28.3. The molecule has 5 rings (SSSR count). The van der Waals surface area contributed by atoms with Gasteiger partial charge >= 0.3 is 0 Å². The summed E-state index contributed by atoms with van der Waals surface area (Å²) in [5.74, 6) is 0.695. The summed E-state index contributed by atoms with van der Waals surface area (Å²) in [5, 5.41) is 0.392. The van der Waals surface area contributed by atoms with E-state index in [4.69, 9.17) is 14.5 Å². The van der Waals surface area contributed by atoms with E-state index in [1.807, 2.05) is 13.0 Å². The Balaban J connectivity index is 1.59. The molecule has 0 aliphatic rings. The summed E-state index contributed by atoms with van der Waals surface area (Å²) in [6, 6.07) is 20.2. The SMILES string of the molecule is COc1ccc(OC)c2sc(N(Cc3cccnc3)C(=O)c3ccccc3NS(=O)(=O)c3ccc(C)cc3)nc12. The number of carbonyl (C=O) groups excluding carboxylic acids is 1. The van der Waals surface area contributed by atoms with E-state index in [0.717, 1.165) is 11.1 Å². The number of sulfonamides is 1. The number of anilines is 2. The number of benzene rings is 3. The average molecular weight is 575 g/mol. The molecule has 0 fully saturated rings. The summed E-state index contributed by atoms with van der Waals surface area (Å²) >= 11 is 1.28. The molecule has 1 amide bonds. The van der Waals surface area contributed by atoms with E-state index in [1.165, 1.54) is 28.4 Å². The molecule has 5 aromatic rings. The van der Waals surface area contributed by atoms with Gasteiger partial charge in [-0.05, 0) is 55.0 Å². The molecule has 0 radical (unpaired) electrons. The van der Waals surface area contributed by atoms with Crippen molar-refractivity contribution in [3.63, 3.8) is 0 Å². The maximum Gasteiger partial charge on any atom is 0.262 e. The maximum atomic E-state index is 14.2. The highest BCUT2D eigenvalue weighted by molar-refractivity contribution is 7.92. The van der Waals surface area contributed by atoms with Crippen molar-refractivity contribution in [2.24, 2.45) is 0 Å². The van der Waals surface area contributed by atoms with E-state index in [9.17, 15) is 13.2 Å². The first-order chi connectivity index (χ1) is 19.3. The molecule has 0 saturated carbocycles. The Kier molecular flexibility index (Phi) is 7.67. The number of thiazole rings is 1. The molecule has 2 heterocycles. The lowest BCUT2D eigenvalue weighted by atomic mass is 10.1. The molecule has 0 bridgehead atoms. The van der Waals surface area contributed by atoms with Gasteiger partial charge in [0.2, 0.25) is 0 Å². The third kappa shape index (κ3) is 5.47. The van der Waals surface area contributed by atoms with Crippen LogP contribution >= 0.6 is 11.3 Å². The number of carbonyl (C=O) groups is 1. The number of methoxy groups -OCH3 is 2. The Hall–Kier alpha value is -4.48. The summed E-state index contributed by atoms with van der Waals surface area (Å²) in [7, 11) is -0.835. The number of pyridine rings is 1. The van der Waals surface area contributed by atoms with Crippen LogP contribution in [0.3, 0.4) is 0 Å². The molecule has 0 saturated heterocycles. The largest absolute Gasteiger partial charge is 0.495 e. The highest BCUT2D eigenvalue weighted by Gasteiger charge is 2.27. The Morgan fingerprint density at radius 2 is 1.68 bits per heavy atom. The minimum Gasteiger partial charge on any atom is -0.495 e. The number of rotatable bonds is 9. The van der Waals surface area contributed by atoms with Crippen LogP contribution in [0.1, 0.15) is 21.5 Å². The topological polar surface area (TPSA) is 111 Å². The molecule has 9 nitrogen and oxygen atoms in total. The summed E-state index contributed by atoms with van der Waals surface area (Å²) in [5.41, 5.74) is 2.58. The number of aryl methyl sites for hydroxylation is 1.